The highest BCUT2D eigenvalue weighted by Crippen LogP contribution is 2.26. The van der Waals surface area contributed by atoms with Gasteiger partial charge in [0, 0.05) is 19.5 Å². The van der Waals surface area contributed by atoms with Crippen LogP contribution in [0.5, 0.6) is 0 Å². The Morgan fingerprint density at radius 2 is 2.04 bits per heavy atom. The molecule has 1 saturated heterocycles. The first-order valence-corrected chi connectivity index (χ1v) is 8.79. The van der Waals surface area contributed by atoms with E-state index in [1.54, 1.807) is 6.07 Å². The van der Waals surface area contributed by atoms with Crippen molar-refractivity contribution in [2.24, 2.45) is 0 Å². The van der Waals surface area contributed by atoms with Gasteiger partial charge in [0.15, 0.2) is 0 Å². The zero-order valence-corrected chi connectivity index (χ0v) is 14.7. The molecule has 0 radical (unpaired) electrons. The van der Waals surface area contributed by atoms with E-state index in [1.165, 1.54) is 6.42 Å². The number of nitrogens with zero attached hydrogens (tertiary/aromatic N) is 3. The molecule has 6 nitrogen and oxygen atoms in total. The molecule has 0 unspecified atom stereocenters. The summed E-state index contributed by atoms with van der Waals surface area (Å²) in [6, 6.07) is 5.41. The Bertz CT molecular complexity index is 712. The van der Waals surface area contributed by atoms with Crippen LogP contribution >= 0.6 is 23.2 Å². The third-order valence-corrected chi connectivity index (χ3v) is 4.88. The van der Waals surface area contributed by atoms with E-state index in [0.717, 1.165) is 31.5 Å². The molecule has 2 aromatic rings. The van der Waals surface area contributed by atoms with E-state index in [9.17, 15) is 4.79 Å². The Labute approximate surface area is 150 Å². The first-order valence-electron chi connectivity index (χ1n) is 8.03. The second-order valence-corrected chi connectivity index (χ2v) is 6.58. The van der Waals surface area contributed by atoms with Crippen LogP contribution in [-0.2, 0) is 11.2 Å². The number of carbonyl (C=O) groups is 1. The number of aromatic nitrogens is 3. The minimum absolute atomic E-state index is 0.146. The summed E-state index contributed by atoms with van der Waals surface area (Å²) in [6.07, 6.45) is 4.35. The number of hydrogen-bond donors (Lipinski definition) is 2. The maximum Gasteiger partial charge on any atom is 0.246 e. The van der Waals surface area contributed by atoms with Crippen molar-refractivity contribution < 1.29 is 4.79 Å². The molecule has 0 spiro atoms. The van der Waals surface area contributed by atoms with Gasteiger partial charge in [0.2, 0.25) is 17.8 Å². The van der Waals surface area contributed by atoms with E-state index < -0.39 is 0 Å². The number of aryl methyl sites for hydroxylation is 1. The number of H-pyrrole nitrogens is 1. The lowest BCUT2D eigenvalue weighted by atomic mass is 10.1. The Balaban J connectivity index is 1.53. The SMILES string of the molecule is O=C(CCc1cccc(Cl)c1Cl)Nc1nc(N2CCCCC2)n[nH]1. The number of aromatic amines is 1. The predicted molar refractivity (Wildman–Crippen MR) is 95.9 cm³/mol. The van der Waals surface area contributed by atoms with Crippen LogP contribution in [0.25, 0.3) is 0 Å². The molecule has 128 valence electrons. The van der Waals surface area contributed by atoms with Crippen LogP contribution in [0.4, 0.5) is 11.9 Å². The summed E-state index contributed by atoms with van der Waals surface area (Å²) in [5.74, 6) is 0.869. The average Bonchev–Trinajstić information content (AvgIpc) is 3.05. The van der Waals surface area contributed by atoms with E-state index >= 15 is 0 Å². The molecule has 0 aliphatic carbocycles. The zero-order valence-electron chi connectivity index (χ0n) is 13.2. The molecule has 1 aromatic carbocycles. The van der Waals surface area contributed by atoms with Crippen LogP contribution in [0.15, 0.2) is 18.2 Å². The molecule has 0 bridgehead atoms. The number of hydrogen-bond acceptors (Lipinski definition) is 4. The summed E-state index contributed by atoms with van der Waals surface area (Å²) in [7, 11) is 0. The lowest BCUT2D eigenvalue weighted by Gasteiger charge is -2.24. The fourth-order valence-electron chi connectivity index (χ4n) is 2.73. The first kappa shape index (κ1) is 17.0. The average molecular weight is 368 g/mol. The smallest absolute Gasteiger partial charge is 0.246 e. The van der Waals surface area contributed by atoms with Gasteiger partial charge in [-0.3, -0.25) is 10.1 Å². The van der Waals surface area contributed by atoms with Gasteiger partial charge in [-0.25, -0.2) is 5.10 Å². The third kappa shape index (κ3) is 4.19. The van der Waals surface area contributed by atoms with Crippen molar-refractivity contribution in [3.05, 3.63) is 33.8 Å². The second-order valence-electron chi connectivity index (χ2n) is 5.79. The monoisotopic (exact) mass is 367 g/mol. The maximum atomic E-state index is 12.1. The summed E-state index contributed by atoms with van der Waals surface area (Å²) in [5.41, 5.74) is 0.853. The summed E-state index contributed by atoms with van der Waals surface area (Å²) >= 11 is 12.1. The van der Waals surface area contributed by atoms with Crippen LogP contribution < -0.4 is 10.2 Å². The molecule has 0 saturated carbocycles. The van der Waals surface area contributed by atoms with Gasteiger partial charge < -0.3 is 4.90 Å². The van der Waals surface area contributed by atoms with Crippen molar-refractivity contribution in [3.63, 3.8) is 0 Å². The van der Waals surface area contributed by atoms with Crippen LogP contribution in [0.3, 0.4) is 0 Å². The molecule has 24 heavy (non-hydrogen) atoms. The van der Waals surface area contributed by atoms with Crippen LogP contribution in [0.2, 0.25) is 10.0 Å². The number of carbonyl (C=O) groups excluding carboxylic acids is 1. The molecule has 1 aliphatic heterocycles. The summed E-state index contributed by atoms with van der Waals surface area (Å²) in [5, 5.41) is 10.7. The molecule has 1 aromatic heterocycles. The summed E-state index contributed by atoms with van der Waals surface area (Å²) in [4.78, 5) is 18.5. The third-order valence-electron chi connectivity index (χ3n) is 4.02. The second kappa shape index (κ2) is 7.85. The van der Waals surface area contributed by atoms with Gasteiger partial charge in [-0.2, -0.15) is 4.98 Å². The van der Waals surface area contributed by atoms with Gasteiger partial charge in [0.25, 0.3) is 0 Å². The van der Waals surface area contributed by atoms with E-state index in [4.69, 9.17) is 23.2 Å². The van der Waals surface area contributed by atoms with E-state index in [1.807, 2.05) is 12.1 Å². The van der Waals surface area contributed by atoms with Crippen LogP contribution in [0, 0.1) is 0 Å². The standard InChI is InChI=1S/C16H19Cl2N5O/c17-12-6-4-5-11(14(12)18)7-8-13(24)19-15-20-16(22-21-15)23-9-2-1-3-10-23/h4-6H,1-3,7-10H2,(H2,19,20,21,22,24). The molecule has 0 atom stereocenters. The fraction of sp³-hybridized carbons (Fsp3) is 0.438. The highest BCUT2D eigenvalue weighted by Gasteiger charge is 2.16. The largest absolute Gasteiger partial charge is 0.340 e. The van der Waals surface area contributed by atoms with Crippen molar-refractivity contribution >= 4 is 41.0 Å². The lowest BCUT2D eigenvalue weighted by molar-refractivity contribution is -0.116. The van der Waals surface area contributed by atoms with E-state index in [-0.39, 0.29) is 5.91 Å². The minimum atomic E-state index is -0.146. The summed E-state index contributed by atoms with van der Waals surface area (Å²) in [6.45, 7) is 1.91. The van der Waals surface area contributed by atoms with Gasteiger partial charge in [0.05, 0.1) is 10.0 Å². The number of rotatable bonds is 5. The Morgan fingerprint density at radius 1 is 1.25 bits per heavy atom. The number of anilines is 2. The molecule has 1 fully saturated rings. The molecule has 3 rings (SSSR count). The fourth-order valence-corrected chi connectivity index (χ4v) is 3.14. The van der Waals surface area contributed by atoms with Crippen molar-refractivity contribution in [2.75, 3.05) is 23.3 Å². The molecule has 1 amide bonds. The van der Waals surface area contributed by atoms with E-state index in [0.29, 0.717) is 34.8 Å². The van der Waals surface area contributed by atoms with Crippen LogP contribution in [-0.4, -0.2) is 34.2 Å². The highest BCUT2D eigenvalue weighted by molar-refractivity contribution is 6.42. The molecule has 8 heteroatoms. The molecular formula is C16H19Cl2N5O. The first-order chi connectivity index (χ1) is 11.6. The molecular weight excluding hydrogens is 349 g/mol. The molecule has 2 N–H and O–H groups in total. The Hall–Kier alpha value is -1.79. The van der Waals surface area contributed by atoms with Crippen molar-refractivity contribution in [2.45, 2.75) is 32.1 Å². The Kier molecular flexibility index (Phi) is 5.58. The van der Waals surface area contributed by atoms with Crippen molar-refractivity contribution in [3.8, 4) is 0 Å². The number of halogens is 2. The Morgan fingerprint density at radius 3 is 2.83 bits per heavy atom. The quantitative estimate of drug-likeness (QED) is 0.845. The van der Waals surface area contributed by atoms with Gasteiger partial charge in [-0.1, -0.05) is 35.3 Å². The lowest BCUT2D eigenvalue weighted by Crippen LogP contribution is -2.30. The van der Waals surface area contributed by atoms with Crippen molar-refractivity contribution in [1.82, 2.24) is 15.2 Å². The number of benzene rings is 1. The number of nitrogens with one attached hydrogen (secondary N) is 2. The maximum absolute atomic E-state index is 12.1. The normalized spacial score (nSPS) is 14.7. The van der Waals surface area contributed by atoms with Crippen LogP contribution in [0.1, 0.15) is 31.2 Å². The van der Waals surface area contributed by atoms with Gasteiger partial charge in [0.1, 0.15) is 0 Å². The minimum Gasteiger partial charge on any atom is -0.340 e. The zero-order chi connectivity index (χ0) is 16.9. The highest BCUT2D eigenvalue weighted by atomic mass is 35.5. The van der Waals surface area contributed by atoms with Gasteiger partial charge >= 0.3 is 0 Å². The number of amides is 1. The molecule has 2 heterocycles. The number of piperidine rings is 1. The van der Waals surface area contributed by atoms with Gasteiger partial charge in [-0.15, -0.1) is 5.10 Å². The molecule has 1 aliphatic rings. The van der Waals surface area contributed by atoms with Gasteiger partial charge in [-0.05, 0) is 37.3 Å². The predicted octanol–water partition coefficient (Wildman–Crippen LogP) is 3.67. The van der Waals surface area contributed by atoms with Crippen molar-refractivity contribution in [1.29, 1.82) is 0 Å². The topological polar surface area (TPSA) is 73.9 Å². The van der Waals surface area contributed by atoms with E-state index in [2.05, 4.69) is 25.4 Å². The summed E-state index contributed by atoms with van der Waals surface area (Å²) < 4.78 is 0.